The molecule has 2 aromatic heterocycles. The van der Waals surface area contributed by atoms with Crippen molar-refractivity contribution in [2.45, 2.75) is 33.3 Å². The summed E-state index contributed by atoms with van der Waals surface area (Å²) in [6.07, 6.45) is 1.88. The largest absolute Gasteiger partial charge is 0.367 e. The third kappa shape index (κ3) is 2.89. The Morgan fingerprint density at radius 1 is 1.45 bits per heavy atom. The van der Waals surface area contributed by atoms with Crippen LogP contribution >= 0.6 is 0 Å². The second kappa shape index (κ2) is 5.92. The van der Waals surface area contributed by atoms with Crippen LogP contribution in [0.25, 0.3) is 0 Å². The maximum atomic E-state index is 12.5. The molecule has 1 saturated heterocycles. The first-order valence-corrected chi connectivity index (χ1v) is 7.37. The monoisotopic (exact) mass is 304 g/mol. The van der Waals surface area contributed by atoms with Gasteiger partial charge < -0.3 is 19.1 Å². The van der Waals surface area contributed by atoms with Gasteiger partial charge in [-0.25, -0.2) is 4.98 Å². The van der Waals surface area contributed by atoms with Gasteiger partial charge in [-0.3, -0.25) is 4.79 Å². The zero-order valence-corrected chi connectivity index (χ0v) is 13.0. The molecule has 1 aliphatic rings. The average molecular weight is 304 g/mol. The lowest BCUT2D eigenvalue weighted by atomic mass is 10.1. The van der Waals surface area contributed by atoms with E-state index in [2.05, 4.69) is 15.1 Å². The zero-order chi connectivity index (χ0) is 15.7. The number of aryl methyl sites for hydroxylation is 3. The van der Waals surface area contributed by atoms with E-state index in [0.717, 1.165) is 22.8 Å². The van der Waals surface area contributed by atoms with Gasteiger partial charge in [0.2, 0.25) is 5.91 Å². The summed E-state index contributed by atoms with van der Waals surface area (Å²) in [5, 5.41) is 3.89. The number of ether oxygens (including phenoxy) is 1. The minimum atomic E-state index is -0.198. The molecule has 1 N–H and O–H groups in total. The van der Waals surface area contributed by atoms with Crippen LogP contribution in [0.15, 0.2) is 10.7 Å². The molecule has 1 aliphatic heterocycles. The zero-order valence-electron chi connectivity index (χ0n) is 13.0. The van der Waals surface area contributed by atoms with E-state index in [-0.39, 0.29) is 12.0 Å². The van der Waals surface area contributed by atoms with E-state index in [9.17, 15) is 4.79 Å². The highest BCUT2D eigenvalue weighted by atomic mass is 16.5. The molecule has 0 unspecified atom stereocenters. The number of aromatic nitrogens is 3. The van der Waals surface area contributed by atoms with Gasteiger partial charge >= 0.3 is 0 Å². The van der Waals surface area contributed by atoms with E-state index >= 15 is 0 Å². The number of H-pyrrole nitrogens is 1. The molecule has 0 radical (unpaired) electrons. The molecule has 0 bridgehead atoms. The number of carbonyl (C=O) groups excluding carboxylic acids is 1. The molecule has 1 amide bonds. The Morgan fingerprint density at radius 2 is 2.27 bits per heavy atom. The number of morpholine rings is 1. The minimum absolute atomic E-state index is 0.0611. The number of nitrogens with zero attached hydrogens (tertiary/aromatic N) is 3. The summed E-state index contributed by atoms with van der Waals surface area (Å²) in [5.74, 6) is 1.54. The second-order valence-electron chi connectivity index (χ2n) is 5.63. The summed E-state index contributed by atoms with van der Waals surface area (Å²) in [6, 6.07) is 0. The number of imidazole rings is 1. The van der Waals surface area contributed by atoms with Gasteiger partial charge in [0, 0.05) is 24.0 Å². The Kier molecular flexibility index (Phi) is 3.98. The van der Waals surface area contributed by atoms with Crippen LogP contribution in [0.5, 0.6) is 0 Å². The molecule has 7 heteroatoms. The van der Waals surface area contributed by atoms with Crippen LogP contribution in [0.2, 0.25) is 0 Å². The van der Waals surface area contributed by atoms with Crippen molar-refractivity contribution in [1.82, 2.24) is 20.0 Å². The summed E-state index contributed by atoms with van der Waals surface area (Å²) >= 11 is 0. The lowest BCUT2D eigenvalue weighted by Crippen LogP contribution is -2.43. The molecule has 2 aromatic rings. The molecular weight excluding hydrogens is 284 g/mol. The molecular formula is C15H20N4O3. The second-order valence-corrected chi connectivity index (χ2v) is 5.63. The number of hydrogen-bond acceptors (Lipinski definition) is 5. The van der Waals surface area contributed by atoms with Crippen molar-refractivity contribution in [2.24, 2.45) is 0 Å². The molecule has 22 heavy (non-hydrogen) atoms. The Labute approximate surface area is 128 Å². The SMILES string of the molecule is Cc1cnc([C@H]2CN(C(=O)Cc3c(C)noc3C)CCO2)[nH]1. The Balaban J connectivity index is 1.68. The predicted molar refractivity (Wildman–Crippen MR) is 78.3 cm³/mol. The molecule has 7 nitrogen and oxygen atoms in total. The molecule has 0 aliphatic carbocycles. The summed E-state index contributed by atoms with van der Waals surface area (Å²) in [7, 11) is 0. The van der Waals surface area contributed by atoms with Gasteiger partial charge in [-0.2, -0.15) is 0 Å². The summed E-state index contributed by atoms with van der Waals surface area (Å²) in [5.41, 5.74) is 2.64. The smallest absolute Gasteiger partial charge is 0.227 e. The molecule has 0 aromatic carbocycles. The van der Waals surface area contributed by atoms with Crippen LogP contribution in [0.4, 0.5) is 0 Å². The lowest BCUT2D eigenvalue weighted by Gasteiger charge is -2.32. The average Bonchev–Trinajstić information content (AvgIpc) is 3.08. The van der Waals surface area contributed by atoms with Crippen LogP contribution in [0, 0.1) is 20.8 Å². The summed E-state index contributed by atoms with van der Waals surface area (Å²) in [6.45, 7) is 7.24. The highest BCUT2D eigenvalue weighted by molar-refractivity contribution is 5.79. The first kappa shape index (κ1) is 14.8. The van der Waals surface area contributed by atoms with E-state index in [1.807, 2.05) is 25.7 Å². The highest BCUT2D eigenvalue weighted by Gasteiger charge is 2.28. The van der Waals surface area contributed by atoms with Gasteiger partial charge in [-0.1, -0.05) is 5.16 Å². The number of hydrogen-bond donors (Lipinski definition) is 1. The van der Waals surface area contributed by atoms with E-state index in [1.54, 1.807) is 6.20 Å². The number of aromatic amines is 1. The molecule has 1 atom stereocenters. The fraction of sp³-hybridized carbons (Fsp3) is 0.533. The Bertz CT molecular complexity index is 657. The van der Waals surface area contributed by atoms with Crippen molar-refractivity contribution in [3.63, 3.8) is 0 Å². The molecule has 1 fully saturated rings. The van der Waals surface area contributed by atoms with Gasteiger partial charge in [0.1, 0.15) is 17.7 Å². The standard InChI is InChI=1S/C15H20N4O3/c1-9-7-16-15(17-9)13-8-19(4-5-21-13)14(20)6-12-10(2)18-22-11(12)3/h7,13H,4-6,8H2,1-3H3,(H,16,17)/t13-/m1/s1. The minimum Gasteiger partial charge on any atom is -0.367 e. The molecule has 3 heterocycles. The van der Waals surface area contributed by atoms with Crippen molar-refractivity contribution in [1.29, 1.82) is 0 Å². The third-order valence-corrected chi connectivity index (χ3v) is 3.96. The van der Waals surface area contributed by atoms with Crippen molar-refractivity contribution >= 4 is 5.91 Å². The van der Waals surface area contributed by atoms with Gasteiger partial charge in [0.25, 0.3) is 0 Å². The normalized spacial score (nSPS) is 18.7. The summed E-state index contributed by atoms with van der Waals surface area (Å²) < 4.78 is 10.8. The third-order valence-electron chi connectivity index (χ3n) is 3.96. The maximum Gasteiger partial charge on any atom is 0.227 e. The fourth-order valence-electron chi connectivity index (χ4n) is 2.66. The van der Waals surface area contributed by atoms with Crippen molar-refractivity contribution < 1.29 is 14.1 Å². The van der Waals surface area contributed by atoms with Crippen molar-refractivity contribution in [2.75, 3.05) is 19.7 Å². The van der Waals surface area contributed by atoms with E-state index in [1.165, 1.54) is 0 Å². The maximum absolute atomic E-state index is 12.5. The Morgan fingerprint density at radius 3 is 2.91 bits per heavy atom. The molecule has 3 rings (SSSR count). The van der Waals surface area contributed by atoms with Crippen molar-refractivity contribution in [3.05, 3.63) is 34.7 Å². The first-order chi connectivity index (χ1) is 10.5. The Hall–Kier alpha value is -2.15. The number of nitrogens with one attached hydrogen (secondary N) is 1. The fourth-order valence-corrected chi connectivity index (χ4v) is 2.66. The summed E-state index contributed by atoms with van der Waals surface area (Å²) in [4.78, 5) is 21.8. The van der Waals surface area contributed by atoms with Gasteiger partial charge in [0.15, 0.2) is 0 Å². The first-order valence-electron chi connectivity index (χ1n) is 7.37. The lowest BCUT2D eigenvalue weighted by molar-refractivity contribution is -0.138. The molecule has 0 saturated carbocycles. The van der Waals surface area contributed by atoms with E-state index < -0.39 is 0 Å². The van der Waals surface area contributed by atoms with Crippen LogP contribution in [0.3, 0.4) is 0 Å². The van der Waals surface area contributed by atoms with Gasteiger partial charge in [-0.05, 0) is 20.8 Å². The van der Waals surface area contributed by atoms with Crippen LogP contribution in [-0.4, -0.2) is 45.6 Å². The van der Waals surface area contributed by atoms with Crippen molar-refractivity contribution in [3.8, 4) is 0 Å². The van der Waals surface area contributed by atoms with Crippen LogP contribution in [0.1, 0.15) is 34.6 Å². The van der Waals surface area contributed by atoms with E-state index in [4.69, 9.17) is 9.26 Å². The molecule has 0 spiro atoms. The quantitative estimate of drug-likeness (QED) is 0.928. The highest BCUT2D eigenvalue weighted by Crippen LogP contribution is 2.21. The topological polar surface area (TPSA) is 84.2 Å². The number of rotatable bonds is 3. The van der Waals surface area contributed by atoms with Crippen LogP contribution in [-0.2, 0) is 16.0 Å². The van der Waals surface area contributed by atoms with Crippen LogP contribution < -0.4 is 0 Å². The van der Waals surface area contributed by atoms with E-state index in [0.29, 0.717) is 31.9 Å². The van der Waals surface area contributed by atoms with Gasteiger partial charge in [0.05, 0.1) is 25.3 Å². The number of amides is 1. The predicted octanol–water partition coefficient (Wildman–Crippen LogP) is 1.47. The molecule has 118 valence electrons. The number of carbonyl (C=O) groups is 1. The van der Waals surface area contributed by atoms with Gasteiger partial charge in [-0.15, -0.1) is 0 Å².